The fourth-order valence-corrected chi connectivity index (χ4v) is 4.12. The number of halogens is 3. The molecular formula is C21H20F3N3O3S. The number of ether oxygens (including phenoxy) is 1. The number of anilines is 1. The number of carbonyl (C=O) groups excluding carboxylic acids is 2. The summed E-state index contributed by atoms with van der Waals surface area (Å²) < 4.78 is 44.5. The molecule has 1 saturated heterocycles. The Balaban J connectivity index is 1.75. The number of carbonyl (C=O) groups is 2. The van der Waals surface area contributed by atoms with Crippen molar-refractivity contribution >= 4 is 40.1 Å². The number of benzene rings is 2. The van der Waals surface area contributed by atoms with Gasteiger partial charge in [0.25, 0.3) is 0 Å². The minimum absolute atomic E-state index is 0.253. The van der Waals surface area contributed by atoms with Gasteiger partial charge in [-0.15, -0.1) is 0 Å². The van der Waals surface area contributed by atoms with Crippen LogP contribution in [0.4, 0.5) is 24.5 Å². The van der Waals surface area contributed by atoms with Gasteiger partial charge in [-0.2, -0.15) is 13.2 Å². The normalized spacial score (nSPS) is 17.9. The molecule has 2 amide bonds. The van der Waals surface area contributed by atoms with Crippen LogP contribution in [0.25, 0.3) is 0 Å². The molecule has 3 rings (SSSR count). The zero-order valence-corrected chi connectivity index (χ0v) is 17.4. The summed E-state index contributed by atoms with van der Waals surface area (Å²) in [5, 5.41) is 1.90. The number of rotatable bonds is 7. The van der Waals surface area contributed by atoms with E-state index in [-0.39, 0.29) is 31.2 Å². The molecule has 1 aliphatic heterocycles. The maximum atomic E-state index is 13.1. The number of nitrogens with zero attached hydrogens (tertiary/aromatic N) is 2. The van der Waals surface area contributed by atoms with Crippen LogP contribution in [0.2, 0.25) is 0 Å². The number of amides is 2. The van der Waals surface area contributed by atoms with Gasteiger partial charge in [-0.25, -0.2) is 4.99 Å². The molecule has 2 aromatic carbocycles. The lowest BCUT2D eigenvalue weighted by Gasteiger charge is -2.16. The summed E-state index contributed by atoms with van der Waals surface area (Å²) in [5.41, 5.74) is -0.643. The molecule has 0 aliphatic carbocycles. The minimum Gasteiger partial charge on any atom is -0.383 e. The number of aliphatic imine (C=N–C) groups is 1. The average Bonchev–Trinajstić information content (AvgIpc) is 3.00. The molecule has 1 heterocycles. The Kier molecular flexibility index (Phi) is 7.34. The number of nitrogens with one attached hydrogen (secondary N) is 1. The van der Waals surface area contributed by atoms with Crippen LogP contribution in [0.5, 0.6) is 0 Å². The third kappa shape index (κ3) is 5.86. The number of amidine groups is 1. The highest BCUT2D eigenvalue weighted by Gasteiger charge is 2.39. The van der Waals surface area contributed by atoms with Crippen molar-refractivity contribution in [2.45, 2.75) is 17.8 Å². The van der Waals surface area contributed by atoms with E-state index in [9.17, 15) is 22.8 Å². The molecule has 10 heteroatoms. The highest BCUT2D eigenvalue weighted by Crippen LogP contribution is 2.35. The summed E-state index contributed by atoms with van der Waals surface area (Å²) in [6.07, 6.45) is -4.89. The molecule has 0 bridgehead atoms. The highest BCUT2D eigenvalue weighted by molar-refractivity contribution is 8.15. The third-order valence-corrected chi connectivity index (χ3v) is 5.57. The molecule has 1 N–H and O–H groups in total. The predicted molar refractivity (Wildman–Crippen MR) is 113 cm³/mol. The number of methoxy groups -OCH3 is 1. The molecule has 2 aromatic rings. The van der Waals surface area contributed by atoms with Crippen LogP contribution >= 0.6 is 11.8 Å². The molecule has 31 heavy (non-hydrogen) atoms. The fraction of sp³-hybridized carbons (Fsp3) is 0.286. The van der Waals surface area contributed by atoms with Gasteiger partial charge in [-0.3, -0.25) is 14.5 Å². The van der Waals surface area contributed by atoms with E-state index in [4.69, 9.17) is 4.74 Å². The molecule has 0 unspecified atom stereocenters. The maximum Gasteiger partial charge on any atom is 0.418 e. The van der Waals surface area contributed by atoms with Crippen LogP contribution in [-0.2, 0) is 20.5 Å². The van der Waals surface area contributed by atoms with Crippen molar-refractivity contribution in [3.05, 3.63) is 60.2 Å². The van der Waals surface area contributed by atoms with E-state index < -0.39 is 22.9 Å². The Morgan fingerprint density at radius 3 is 2.52 bits per heavy atom. The number of para-hydroxylation sites is 2. The summed E-state index contributed by atoms with van der Waals surface area (Å²) >= 11 is 1.11. The second-order valence-corrected chi connectivity index (χ2v) is 7.78. The number of thioether (sulfide) groups is 1. The largest absolute Gasteiger partial charge is 0.418 e. The summed E-state index contributed by atoms with van der Waals surface area (Å²) in [4.78, 5) is 31.2. The van der Waals surface area contributed by atoms with Gasteiger partial charge in [-0.05, 0) is 24.3 Å². The monoisotopic (exact) mass is 451 g/mol. The number of hydrogen-bond acceptors (Lipinski definition) is 5. The van der Waals surface area contributed by atoms with Gasteiger partial charge in [-0.1, -0.05) is 42.1 Å². The summed E-state index contributed by atoms with van der Waals surface area (Å²) in [6, 6.07) is 13.7. The van der Waals surface area contributed by atoms with Crippen LogP contribution in [0, 0.1) is 0 Å². The van der Waals surface area contributed by atoms with Crippen LogP contribution in [0.15, 0.2) is 59.6 Å². The van der Waals surface area contributed by atoms with E-state index >= 15 is 0 Å². The SMILES string of the molecule is COCCN1C(=O)[C@H](CC(=O)Nc2ccccc2C(F)(F)F)SC1=Nc1ccccc1. The van der Waals surface area contributed by atoms with E-state index in [2.05, 4.69) is 10.3 Å². The Bertz CT molecular complexity index is 967. The lowest BCUT2D eigenvalue weighted by molar-refractivity contribution is -0.137. The molecule has 1 atom stereocenters. The smallest absolute Gasteiger partial charge is 0.383 e. The predicted octanol–water partition coefficient (Wildman–Crippen LogP) is 4.31. The maximum absolute atomic E-state index is 13.1. The van der Waals surface area contributed by atoms with E-state index in [1.165, 1.54) is 30.2 Å². The van der Waals surface area contributed by atoms with Gasteiger partial charge in [0.2, 0.25) is 11.8 Å². The topological polar surface area (TPSA) is 71.0 Å². The minimum atomic E-state index is -4.60. The van der Waals surface area contributed by atoms with Crippen molar-refractivity contribution in [2.75, 3.05) is 25.6 Å². The van der Waals surface area contributed by atoms with Gasteiger partial charge < -0.3 is 10.1 Å². The number of hydrogen-bond donors (Lipinski definition) is 1. The van der Waals surface area contributed by atoms with Gasteiger partial charge in [0.15, 0.2) is 5.17 Å². The van der Waals surface area contributed by atoms with Crippen LogP contribution in [-0.4, -0.2) is 47.4 Å². The van der Waals surface area contributed by atoms with Crippen molar-refractivity contribution in [3.63, 3.8) is 0 Å². The molecule has 0 radical (unpaired) electrons. The molecule has 164 valence electrons. The van der Waals surface area contributed by atoms with E-state index in [0.717, 1.165) is 17.8 Å². The van der Waals surface area contributed by atoms with Gasteiger partial charge in [0.1, 0.15) is 5.25 Å². The molecule has 0 saturated carbocycles. The standard InChI is InChI=1S/C21H20F3N3O3S/c1-30-12-11-27-19(29)17(31-20(27)25-14-7-3-2-4-8-14)13-18(28)26-16-10-6-5-9-15(16)21(22,23)24/h2-10,17H,11-13H2,1H3,(H,26,28)/t17-/m0/s1. The molecule has 1 fully saturated rings. The van der Waals surface area contributed by atoms with Crippen molar-refractivity contribution in [1.29, 1.82) is 0 Å². The van der Waals surface area contributed by atoms with Crippen molar-refractivity contribution < 1.29 is 27.5 Å². The number of alkyl halides is 3. The summed E-state index contributed by atoms with van der Waals surface area (Å²) in [7, 11) is 1.50. The van der Waals surface area contributed by atoms with Crippen molar-refractivity contribution in [1.82, 2.24) is 4.90 Å². The Hall–Kier alpha value is -2.85. The summed E-state index contributed by atoms with van der Waals surface area (Å²) in [6.45, 7) is 0.529. The lowest BCUT2D eigenvalue weighted by Crippen LogP contribution is -2.35. The highest BCUT2D eigenvalue weighted by atomic mass is 32.2. The van der Waals surface area contributed by atoms with E-state index in [1.807, 2.05) is 18.2 Å². The Morgan fingerprint density at radius 2 is 1.84 bits per heavy atom. The van der Waals surface area contributed by atoms with E-state index in [0.29, 0.717) is 10.9 Å². The first kappa shape index (κ1) is 22.8. The molecule has 0 aromatic heterocycles. The molecular weight excluding hydrogens is 431 g/mol. The zero-order chi connectivity index (χ0) is 22.4. The van der Waals surface area contributed by atoms with Crippen molar-refractivity contribution in [2.24, 2.45) is 4.99 Å². The quantitative estimate of drug-likeness (QED) is 0.681. The lowest BCUT2D eigenvalue weighted by atomic mass is 10.1. The van der Waals surface area contributed by atoms with E-state index in [1.54, 1.807) is 12.1 Å². The van der Waals surface area contributed by atoms with Gasteiger partial charge in [0.05, 0.1) is 30.1 Å². The first-order valence-corrected chi connectivity index (χ1v) is 10.2. The average molecular weight is 451 g/mol. The van der Waals surface area contributed by atoms with Gasteiger partial charge >= 0.3 is 6.18 Å². The molecule has 0 spiro atoms. The second kappa shape index (κ2) is 9.97. The first-order valence-electron chi connectivity index (χ1n) is 9.36. The molecule has 6 nitrogen and oxygen atoms in total. The fourth-order valence-electron chi connectivity index (χ4n) is 2.94. The summed E-state index contributed by atoms with van der Waals surface area (Å²) in [5.74, 6) is -1.02. The van der Waals surface area contributed by atoms with Crippen LogP contribution in [0.1, 0.15) is 12.0 Å². The van der Waals surface area contributed by atoms with Crippen LogP contribution in [0.3, 0.4) is 0 Å². The Labute approximate surface area is 181 Å². The van der Waals surface area contributed by atoms with Gasteiger partial charge in [0, 0.05) is 13.5 Å². The second-order valence-electron chi connectivity index (χ2n) is 6.61. The third-order valence-electron chi connectivity index (χ3n) is 4.40. The Morgan fingerprint density at radius 1 is 1.16 bits per heavy atom. The van der Waals surface area contributed by atoms with Crippen molar-refractivity contribution in [3.8, 4) is 0 Å². The van der Waals surface area contributed by atoms with Crippen LogP contribution < -0.4 is 5.32 Å². The first-order chi connectivity index (χ1) is 14.8. The molecule has 1 aliphatic rings. The zero-order valence-electron chi connectivity index (χ0n) is 16.6.